The molecule has 0 aliphatic carbocycles. The van der Waals surface area contributed by atoms with Gasteiger partial charge in [0.15, 0.2) is 6.61 Å². The van der Waals surface area contributed by atoms with Gasteiger partial charge in [0.25, 0.3) is 17.5 Å². The van der Waals surface area contributed by atoms with Crippen LogP contribution in [-0.2, 0) is 9.59 Å². The Balaban J connectivity index is 1.83. The molecule has 1 aliphatic rings. The van der Waals surface area contributed by atoms with Crippen molar-refractivity contribution in [2.24, 2.45) is 0 Å². The van der Waals surface area contributed by atoms with Gasteiger partial charge in [0.2, 0.25) is 0 Å². The molecule has 0 aromatic heterocycles. The minimum atomic E-state index is -0.529. The number of nitrogens with one attached hydrogen (secondary N) is 1. The van der Waals surface area contributed by atoms with E-state index < -0.39 is 10.8 Å². The summed E-state index contributed by atoms with van der Waals surface area (Å²) in [6.07, 6.45) is 1.72. The van der Waals surface area contributed by atoms with Crippen molar-refractivity contribution in [1.82, 2.24) is 4.90 Å². The van der Waals surface area contributed by atoms with E-state index in [4.69, 9.17) is 17.0 Å². The number of hydrogen-bond donors (Lipinski definition) is 1. The van der Waals surface area contributed by atoms with Crippen LogP contribution in [0.5, 0.6) is 5.75 Å². The molecule has 1 saturated heterocycles. The number of thioether (sulfide) groups is 1. The molecule has 3 rings (SSSR count). The minimum absolute atomic E-state index is 0.123. The number of benzene rings is 2. The predicted molar refractivity (Wildman–Crippen MR) is 143 cm³/mol. The first-order valence-corrected chi connectivity index (χ1v) is 12.3. The normalized spacial score (nSPS) is 14.4. The highest BCUT2D eigenvalue weighted by Gasteiger charge is 2.31. The topological polar surface area (TPSA) is 105 Å². The van der Waals surface area contributed by atoms with Gasteiger partial charge in [-0.3, -0.25) is 24.6 Å². The lowest BCUT2D eigenvalue weighted by molar-refractivity contribution is -0.384. The van der Waals surface area contributed by atoms with Crippen molar-refractivity contribution in [3.8, 4) is 5.75 Å². The van der Waals surface area contributed by atoms with E-state index in [0.29, 0.717) is 32.8 Å². The van der Waals surface area contributed by atoms with Gasteiger partial charge in [-0.05, 0) is 45.0 Å². The van der Waals surface area contributed by atoms with Crippen LogP contribution in [0.25, 0.3) is 6.08 Å². The Labute approximate surface area is 213 Å². The van der Waals surface area contributed by atoms with Gasteiger partial charge in [0, 0.05) is 54.8 Å². The van der Waals surface area contributed by atoms with E-state index in [1.807, 2.05) is 39.0 Å². The fourth-order valence-electron chi connectivity index (χ4n) is 3.50. The maximum Gasteiger partial charge on any atom is 0.271 e. The summed E-state index contributed by atoms with van der Waals surface area (Å²) in [6, 6.07) is 11.3. The molecule has 184 valence electrons. The average Bonchev–Trinajstić information content (AvgIpc) is 3.11. The monoisotopic (exact) mass is 514 g/mol. The third kappa shape index (κ3) is 6.37. The van der Waals surface area contributed by atoms with E-state index in [2.05, 4.69) is 10.2 Å². The summed E-state index contributed by atoms with van der Waals surface area (Å²) in [4.78, 5) is 39.8. The highest BCUT2D eigenvalue weighted by Crippen LogP contribution is 2.35. The SMILES string of the molecule is CCN1C(=O)/C(=C/c2ccc(N(CC)CC)cc2OCC(=O)Nc2cccc([N+](=O)[O-])c2)SC1=S. The Kier molecular flexibility index (Phi) is 8.83. The molecule has 0 spiro atoms. The lowest BCUT2D eigenvalue weighted by Crippen LogP contribution is -2.27. The first-order valence-electron chi connectivity index (χ1n) is 11.1. The first-order chi connectivity index (χ1) is 16.8. The molecule has 2 aromatic rings. The van der Waals surface area contributed by atoms with Crippen LogP contribution < -0.4 is 15.0 Å². The van der Waals surface area contributed by atoms with Crippen molar-refractivity contribution in [1.29, 1.82) is 0 Å². The minimum Gasteiger partial charge on any atom is -0.483 e. The molecule has 1 aliphatic heterocycles. The molecular weight excluding hydrogens is 488 g/mol. The van der Waals surface area contributed by atoms with Crippen molar-refractivity contribution in [2.45, 2.75) is 20.8 Å². The molecule has 0 radical (unpaired) electrons. The quantitative estimate of drug-likeness (QED) is 0.211. The number of likely N-dealkylation sites (N-methyl/N-ethyl adjacent to an activating group) is 1. The maximum absolute atomic E-state index is 12.7. The van der Waals surface area contributed by atoms with E-state index in [-0.39, 0.29) is 18.2 Å². The van der Waals surface area contributed by atoms with Gasteiger partial charge < -0.3 is 15.0 Å². The second-order valence-corrected chi connectivity index (χ2v) is 9.14. The van der Waals surface area contributed by atoms with E-state index in [9.17, 15) is 19.7 Å². The van der Waals surface area contributed by atoms with Crippen LogP contribution in [0.1, 0.15) is 26.3 Å². The zero-order valence-corrected chi connectivity index (χ0v) is 21.3. The molecule has 9 nitrogen and oxygen atoms in total. The van der Waals surface area contributed by atoms with Gasteiger partial charge in [-0.1, -0.05) is 30.0 Å². The second-order valence-electron chi connectivity index (χ2n) is 7.46. The molecule has 11 heteroatoms. The van der Waals surface area contributed by atoms with Crippen LogP contribution >= 0.6 is 24.0 Å². The van der Waals surface area contributed by atoms with Gasteiger partial charge in [-0.2, -0.15) is 0 Å². The van der Waals surface area contributed by atoms with E-state index in [1.54, 1.807) is 12.1 Å². The Bertz CT molecular complexity index is 1180. The Hall–Kier alpha value is -3.44. The highest BCUT2D eigenvalue weighted by atomic mass is 32.2. The van der Waals surface area contributed by atoms with Crippen molar-refractivity contribution >= 4 is 63.3 Å². The molecule has 0 unspecified atom stereocenters. The van der Waals surface area contributed by atoms with Crippen LogP contribution in [0.15, 0.2) is 47.4 Å². The van der Waals surface area contributed by atoms with E-state index >= 15 is 0 Å². The summed E-state index contributed by atoms with van der Waals surface area (Å²) >= 11 is 6.52. The third-order valence-electron chi connectivity index (χ3n) is 5.30. The van der Waals surface area contributed by atoms with Crippen LogP contribution in [0, 0.1) is 10.1 Å². The lowest BCUT2D eigenvalue weighted by Gasteiger charge is -2.22. The highest BCUT2D eigenvalue weighted by molar-refractivity contribution is 8.26. The largest absolute Gasteiger partial charge is 0.483 e. The van der Waals surface area contributed by atoms with Crippen LogP contribution in [0.3, 0.4) is 0 Å². The zero-order chi connectivity index (χ0) is 25.5. The van der Waals surface area contributed by atoms with E-state index in [1.165, 1.54) is 34.9 Å². The number of nitro benzene ring substituents is 1. The lowest BCUT2D eigenvalue weighted by atomic mass is 10.1. The number of carbonyl (C=O) groups excluding carboxylic acids is 2. The summed E-state index contributed by atoms with van der Waals surface area (Å²) < 4.78 is 6.37. The van der Waals surface area contributed by atoms with Crippen molar-refractivity contribution in [2.75, 3.05) is 36.5 Å². The summed E-state index contributed by atoms with van der Waals surface area (Å²) in [6.45, 7) is 7.70. The maximum atomic E-state index is 12.7. The molecule has 0 bridgehead atoms. The number of anilines is 2. The number of ether oxygens (including phenoxy) is 1. The zero-order valence-electron chi connectivity index (χ0n) is 19.6. The van der Waals surface area contributed by atoms with Crippen molar-refractivity contribution in [3.63, 3.8) is 0 Å². The van der Waals surface area contributed by atoms with Crippen LogP contribution in [-0.4, -0.2) is 52.2 Å². The Morgan fingerprint density at radius 2 is 1.97 bits per heavy atom. The number of nitro groups is 1. The number of amides is 2. The molecular formula is C24H26N4O5S2. The molecule has 35 heavy (non-hydrogen) atoms. The smallest absolute Gasteiger partial charge is 0.271 e. The molecule has 2 aromatic carbocycles. The van der Waals surface area contributed by atoms with Crippen molar-refractivity contribution < 1.29 is 19.2 Å². The first kappa shape index (κ1) is 26.2. The standard InChI is InChI=1S/C24H26N4O5S2/c1-4-26(5-2)18-11-10-16(12-21-23(30)27(6-3)24(34)35-21)20(14-18)33-15-22(29)25-17-8-7-9-19(13-17)28(31)32/h7-14H,4-6,15H2,1-3H3,(H,25,29)/b21-12-. The second kappa shape index (κ2) is 11.8. The summed E-state index contributed by atoms with van der Waals surface area (Å²) in [7, 11) is 0. The summed E-state index contributed by atoms with van der Waals surface area (Å²) in [5, 5.41) is 13.6. The fourth-order valence-corrected chi connectivity index (χ4v) is 4.88. The van der Waals surface area contributed by atoms with Crippen LogP contribution in [0.4, 0.5) is 17.1 Å². The average molecular weight is 515 g/mol. The molecule has 1 heterocycles. The number of nitrogens with zero attached hydrogens (tertiary/aromatic N) is 3. The van der Waals surface area contributed by atoms with Gasteiger partial charge in [0.1, 0.15) is 10.1 Å². The Morgan fingerprint density at radius 1 is 1.23 bits per heavy atom. The number of carbonyl (C=O) groups is 2. The molecule has 1 fully saturated rings. The van der Waals surface area contributed by atoms with Gasteiger partial charge in [-0.15, -0.1) is 0 Å². The molecule has 0 atom stereocenters. The fraction of sp³-hybridized carbons (Fsp3) is 0.292. The molecule has 1 N–H and O–H groups in total. The predicted octanol–water partition coefficient (Wildman–Crippen LogP) is 4.68. The Morgan fingerprint density at radius 3 is 2.60 bits per heavy atom. The van der Waals surface area contributed by atoms with Gasteiger partial charge in [0.05, 0.1) is 9.83 Å². The summed E-state index contributed by atoms with van der Waals surface area (Å²) in [5.74, 6) is -0.197. The van der Waals surface area contributed by atoms with Crippen LogP contribution in [0.2, 0.25) is 0 Å². The number of rotatable bonds is 10. The van der Waals surface area contributed by atoms with E-state index in [0.717, 1.165) is 18.8 Å². The third-order valence-corrected chi connectivity index (χ3v) is 6.68. The van der Waals surface area contributed by atoms with Gasteiger partial charge in [-0.25, -0.2) is 0 Å². The molecule has 0 saturated carbocycles. The van der Waals surface area contributed by atoms with Gasteiger partial charge >= 0.3 is 0 Å². The molecule has 2 amide bonds. The number of non-ortho nitro benzene ring substituents is 1. The number of thiocarbonyl (C=S) groups is 1. The van der Waals surface area contributed by atoms with Crippen molar-refractivity contribution in [3.05, 3.63) is 63.0 Å². The number of hydrogen-bond acceptors (Lipinski definition) is 8. The summed E-state index contributed by atoms with van der Waals surface area (Å²) in [5.41, 5.74) is 1.73.